The zero-order valence-corrected chi connectivity index (χ0v) is 15.4. The fourth-order valence-electron chi connectivity index (χ4n) is 2.61. The van der Waals surface area contributed by atoms with Crippen LogP contribution in [0.3, 0.4) is 0 Å². The molecule has 0 aliphatic heterocycles. The Morgan fingerprint density at radius 2 is 1.78 bits per heavy atom. The Balaban J connectivity index is 1.96. The van der Waals surface area contributed by atoms with Crippen LogP contribution in [-0.2, 0) is 12.7 Å². The standard InChI is InChI=1S/C16H8F7N5O4/c1-5-7(4-27-3-6(2-24-27)28(30)31)13(26-32-5)15(29)25-14-11(19)9(17)8(16(21,22)23)10(18)12(14)20/h2-3H,4H2,1H3,(H,25,29). The summed E-state index contributed by atoms with van der Waals surface area (Å²) >= 11 is 0. The molecule has 0 fully saturated rings. The van der Waals surface area contributed by atoms with Crippen molar-refractivity contribution in [3.63, 3.8) is 0 Å². The molecule has 0 aliphatic rings. The van der Waals surface area contributed by atoms with Gasteiger partial charge >= 0.3 is 11.9 Å². The first kappa shape index (κ1) is 22.7. The van der Waals surface area contributed by atoms with E-state index >= 15 is 0 Å². The number of benzene rings is 1. The van der Waals surface area contributed by atoms with Crippen molar-refractivity contribution in [3.8, 4) is 0 Å². The summed E-state index contributed by atoms with van der Waals surface area (Å²) < 4.78 is 99.3. The molecule has 9 nitrogen and oxygen atoms in total. The summed E-state index contributed by atoms with van der Waals surface area (Å²) in [6.45, 7) is 0.947. The Morgan fingerprint density at radius 3 is 2.28 bits per heavy atom. The number of rotatable bonds is 5. The molecule has 0 unspecified atom stereocenters. The van der Waals surface area contributed by atoms with Gasteiger partial charge in [-0.2, -0.15) is 18.3 Å². The number of alkyl halides is 3. The molecule has 1 aromatic carbocycles. The van der Waals surface area contributed by atoms with E-state index in [9.17, 15) is 45.6 Å². The van der Waals surface area contributed by atoms with Crippen LogP contribution in [0.4, 0.5) is 42.1 Å². The summed E-state index contributed by atoms with van der Waals surface area (Å²) in [4.78, 5) is 22.4. The van der Waals surface area contributed by atoms with Crippen molar-refractivity contribution < 1.29 is 45.0 Å². The predicted molar refractivity (Wildman–Crippen MR) is 88.5 cm³/mol. The number of nitrogens with zero attached hydrogens (tertiary/aromatic N) is 4. The minimum absolute atomic E-state index is 0.0287. The van der Waals surface area contributed by atoms with Gasteiger partial charge in [0.2, 0.25) is 0 Å². The second-order valence-electron chi connectivity index (χ2n) is 6.18. The highest BCUT2D eigenvalue weighted by molar-refractivity contribution is 6.04. The second kappa shape index (κ2) is 7.93. The molecule has 0 bridgehead atoms. The van der Waals surface area contributed by atoms with Crippen molar-refractivity contribution in [3.05, 3.63) is 68.4 Å². The molecular weight excluding hydrogens is 459 g/mol. The van der Waals surface area contributed by atoms with Crippen molar-refractivity contribution in [2.24, 2.45) is 0 Å². The zero-order valence-electron chi connectivity index (χ0n) is 15.4. The van der Waals surface area contributed by atoms with E-state index < -0.39 is 62.9 Å². The average molecular weight is 467 g/mol. The lowest BCUT2D eigenvalue weighted by molar-refractivity contribution is -0.385. The van der Waals surface area contributed by atoms with E-state index in [-0.39, 0.29) is 17.9 Å². The largest absolute Gasteiger partial charge is 0.422 e. The Bertz CT molecular complexity index is 1210. The minimum Gasteiger partial charge on any atom is -0.361 e. The van der Waals surface area contributed by atoms with Crippen LogP contribution in [0.2, 0.25) is 0 Å². The summed E-state index contributed by atoms with van der Waals surface area (Å²) in [7, 11) is 0. The highest BCUT2D eigenvalue weighted by Gasteiger charge is 2.42. The normalized spacial score (nSPS) is 11.6. The van der Waals surface area contributed by atoms with Crippen LogP contribution in [0.1, 0.15) is 27.4 Å². The maximum absolute atomic E-state index is 14.0. The van der Waals surface area contributed by atoms with Gasteiger partial charge in [0.05, 0.1) is 11.5 Å². The number of anilines is 1. The van der Waals surface area contributed by atoms with Gasteiger partial charge in [-0.25, -0.2) is 17.6 Å². The number of hydrogen-bond acceptors (Lipinski definition) is 6. The summed E-state index contributed by atoms with van der Waals surface area (Å²) in [5, 5.41) is 19.1. The van der Waals surface area contributed by atoms with Crippen LogP contribution in [0.15, 0.2) is 16.9 Å². The van der Waals surface area contributed by atoms with E-state index in [0.29, 0.717) is 0 Å². The van der Waals surface area contributed by atoms with E-state index in [1.807, 2.05) is 0 Å². The van der Waals surface area contributed by atoms with Gasteiger partial charge in [0.15, 0.2) is 29.0 Å². The number of nitrogens with one attached hydrogen (secondary N) is 1. The van der Waals surface area contributed by atoms with E-state index in [4.69, 9.17) is 4.52 Å². The van der Waals surface area contributed by atoms with Gasteiger partial charge in [-0.05, 0) is 6.92 Å². The molecule has 0 atom stereocenters. The van der Waals surface area contributed by atoms with Crippen molar-refractivity contribution in [1.29, 1.82) is 0 Å². The molecule has 0 aliphatic carbocycles. The minimum atomic E-state index is -5.75. The third-order valence-electron chi connectivity index (χ3n) is 4.14. The van der Waals surface area contributed by atoms with Crippen LogP contribution >= 0.6 is 0 Å². The molecule has 16 heteroatoms. The molecule has 170 valence electrons. The first-order valence-corrected chi connectivity index (χ1v) is 8.19. The summed E-state index contributed by atoms with van der Waals surface area (Å²) in [6, 6.07) is 0. The molecule has 0 saturated carbocycles. The number of nitro groups is 1. The number of aromatic nitrogens is 3. The number of amides is 1. The summed E-state index contributed by atoms with van der Waals surface area (Å²) in [6.07, 6.45) is -3.88. The molecule has 0 spiro atoms. The van der Waals surface area contributed by atoms with Crippen molar-refractivity contribution >= 4 is 17.3 Å². The molecule has 3 rings (SSSR count). The summed E-state index contributed by atoms with van der Waals surface area (Å²) in [5.74, 6) is -12.0. The lowest BCUT2D eigenvalue weighted by Gasteiger charge is -2.14. The number of halogens is 7. The van der Waals surface area contributed by atoms with Crippen LogP contribution in [0.5, 0.6) is 0 Å². The number of hydrogen-bond donors (Lipinski definition) is 1. The first-order chi connectivity index (χ1) is 14.8. The molecule has 1 N–H and O–H groups in total. The lowest BCUT2D eigenvalue weighted by Crippen LogP contribution is -2.21. The van der Waals surface area contributed by atoms with E-state index in [1.54, 1.807) is 0 Å². The SMILES string of the molecule is Cc1onc(C(=O)Nc2c(F)c(F)c(C(F)(F)F)c(F)c2F)c1Cn1cc([N+](=O)[O-])cn1. The lowest BCUT2D eigenvalue weighted by atomic mass is 10.1. The highest BCUT2D eigenvalue weighted by Crippen LogP contribution is 2.38. The Hall–Kier alpha value is -3.98. The average Bonchev–Trinajstić information content (AvgIpc) is 3.30. The van der Waals surface area contributed by atoms with Gasteiger partial charge in [-0.1, -0.05) is 5.16 Å². The predicted octanol–water partition coefficient (Wildman–Crippen LogP) is 3.96. The van der Waals surface area contributed by atoms with Crippen LogP contribution in [-0.4, -0.2) is 25.8 Å². The van der Waals surface area contributed by atoms with E-state index in [0.717, 1.165) is 17.1 Å². The van der Waals surface area contributed by atoms with Crippen LogP contribution < -0.4 is 5.32 Å². The quantitative estimate of drug-likeness (QED) is 0.263. The third-order valence-corrected chi connectivity index (χ3v) is 4.14. The van der Waals surface area contributed by atoms with Gasteiger partial charge in [0.1, 0.15) is 29.4 Å². The number of carbonyl (C=O) groups is 1. The zero-order chi connectivity index (χ0) is 24.0. The van der Waals surface area contributed by atoms with Crippen LogP contribution in [0, 0.1) is 40.3 Å². The topological polar surface area (TPSA) is 116 Å². The molecule has 0 radical (unpaired) electrons. The number of carbonyl (C=O) groups excluding carboxylic acids is 1. The first-order valence-electron chi connectivity index (χ1n) is 8.19. The summed E-state index contributed by atoms with van der Waals surface area (Å²) in [5.41, 5.74) is -5.78. The van der Waals surface area contributed by atoms with Crippen molar-refractivity contribution in [2.45, 2.75) is 19.6 Å². The maximum Gasteiger partial charge on any atom is 0.422 e. The van der Waals surface area contributed by atoms with Crippen molar-refractivity contribution in [1.82, 2.24) is 14.9 Å². The van der Waals surface area contributed by atoms with Gasteiger partial charge in [0, 0.05) is 5.56 Å². The van der Waals surface area contributed by atoms with E-state index in [2.05, 4.69) is 10.3 Å². The van der Waals surface area contributed by atoms with Crippen LogP contribution in [0.25, 0.3) is 0 Å². The molecule has 2 heterocycles. The number of aryl methyl sites for hydroxylation is 1. The molecule has 1 amide bonds. The second-order valence-corrected chi connectivity index (χ2v) is 6.18. The Labute approximate surface area is 171 Å². The molecular formula is C16H8F7N5O4. The smallest absolute Gasteiger partial charge is 0.361 e. The monoisotopic (exact) mass is 467 g/mol. The third kappa shape index (κ3) is 3.97. The maximum atomic E-state index is 14.0. The van der Waals surface area contributed by atoms with Crippen molar-refractivity contribution in [2.75, 3.05) is 5.32 Å². The van der Waals surface area contributed by atoms with Gasteiger partial charge in [0.25, 0.3) is 5.91 Å². The fourth-order valence-corrected chi connectivity index (χ4v) is 2.61. The van der Waals surface area contributed by atoms with E-state index in [1.165, 1.54) is 12.2 Å². The molecule has 3 aromatic rings. The fraction of sp³-hybridized carbons (Fsp3) is 0.188. The van der Waals surface area contributed by atoms with Gasteiger partial charge in [-0.15, -0.1) is 0 Å². The Morgan fingerprint density at radius 1 is 1.19 bits per heavy atom. The Kier molecular flexibility index (Phi) is 5.63. The molecule has 32 heavy (non-hydrogen) atoms. The molecule has 2 aromatic heterocycles. The van der Waals surface area contributed by atoms with Gasteiger partial charge < -0.3 is 9.84 Å². The molecule has 0 saturated heterocycles. The highest BCUT2D eigenvalue weighted by atomic mass is 19.4. The van der Waals surface area contributed by atoms with Gasteiger partial charge in [-0.3, -0.25) is 19.6 Å².